The molecule has 2 fully saturated rings. The van der Waals surface area contributed by atoms with Gasteiger partial charge in [0, 0.05) is 59.4 Å². The van der Waals surface area contributed by atoms with Gasteiger partial charge in [-0.05, 0) is 36.8 Å². The third kappa shape index (κ3) is 6.49. The van der Waals surface area contributed by atoms with E-state index in [2.05, 4.69) is 69.2 Å². The molecule has 0 atom stereocenters. The molecule has 0 spiro atoms. The van der Waals surface area contributed by atoms with Crippen LogP contribution in [-0.2, 0) is 6.54 Å². The highest BCUT2D eigenvalue weighted by molar-refractivity contribution is 5.80. The number of nitrogens with zero attached hydrogens (tertiary/aromatic N) is 4. The van der Waals surface area contributed by atoms with Crippen molar-refractivity contribution in [3.63, 3.8) is 0 Å². The molecule has 28 heavy (non-hydrogen) atoms. The zero-order chi connectivity index (χ0) is 19.8. The van der Waals surface area contributed by atoms with E-state index < -0.39 is 0 Å². The third-order valence-corrected chi connectivity index (χ3v) is 6.09. The Kier molecular flexibility index (Phi) is 7.74. The Morgan fingerprint density at radius 3 is 2.36 bits per heavy atom. The van der Waals surface area contributed by atoms with Crippen molar-refractivity contribution in [1.29, 1.82) is 0 Å². The molecule has 0 amide bonds. The normalized spacial score (nSPS) is 21.2. The van der Waals surface area contributed by atoms with E-state index in [1.54, 1.807) is 0 Å². The van der Waals surface area contributed by atoms with E-state index in [-0.39, 0.29) is 0 Å². The van der Waals surface area contributed by atoms with Gasteiger partial charge in [-0.15, -0.1) is 0 Å². The van der Waals surface area contributed by atoms with E-state index in [1.165, 1.54) is 57.5 Å². The lowest BCUT2D eigenvalue weighted by Gasteiger charge is -2.34. The molecule has 2 aliphatic heterocycles. The minimum absolute atomic E-state index is 0.417. The molecule has 156 valence electrons. The average molecular weight is 386 g/mol. The van der Waals surface area contributed by atoms with Crippen LogP contribution in [0.15, 0.2) is 35.3 Å². The summed E-state index contributed by atoms with van der Waals surface area (Å²) >= 11 is 0. The molecular formula is C23H39N5. The van der Waals surface area contributed by atoms with Crippen LogP contribution in [0.1, 0.15) is 38.7 Å². The predicted molar refractivity (Wildman–Crippen MR) is 119 cm³/mol. The number of benzene rings is 1. The smallest absolute Gasteiger partial charge is 0.193 e. The number of guanidine groups is 1. The summed E-state index contributed by atoms with van der Waals surface area (Å²) in [5, 5.41) is 3.57. The Hall–Kier alpha value is -1.59. The number of aliphatic imine (C=N–C) groups is 1. The van der Waals surface area contributed by atoms with Crippen LogP contribution >= 0.6 is 0 Å². The van der Waals surface area contributed by atoms with Crippen molar-refractivity contribution in [2.75, 3.05) is 59.4 Å². The summed E-state index contributed by atoms with van der Waals surface area (Å²) in [6.07, 6.45) is 3.72. The van der Waals surface area contributed by atoms with Gasteiger partial charge in [0.25, 0.3) is 0 Å². The molecule has 0 aromatic heterocycles. The summed E-state index contributed by atoms with van der Waals surface area (Å²) in [5.41, 5.74) is 1.84. The standard InChI is InChI=1S/C23H39N5/c1-23(2)11-14-28(20-23)22(24-3)25-12-7-8-13-26-15-17-27(18-16-26)19-21-9-5-4-6-10-21/h4-6,9-10H,7-8,11-20H2,1-3H3,(H,24,25). The number of rotatable bonds is 7. The van der Waals surface area contributed by atoms with Crippen molar-refractivity contribution in [2.45, 2.75) is 39.7 Å². The summed E-state index contributed by atoms with van der Waals surface area (Å²) in [6, 6.07) is 10.8. The molecule has 2 heterocycles. The van der Waals surface area contributed by atoms with Crippen molar-refractivity contribution in [1.82, 2.24) is 20.0 Å². The average Bonchev–Trinajstić information content (AvgIpc) is 3.06. The first-order valence-corrected chi connectivity index (χ1v) is 11.0. The summed E-state index contributed by atoms with van der Waals surface area (Å²) in [6.45, 7) is 15.0. The molecule has 5 nitrogen and oxygen atoms in total. The van der Waals surface area contributed by atoms with Crippen LogP contribution in [-0.4, -0.2) is 80.1 Å². The van der Waals surface area contributed by atoms with Gasteiger partial charge in [-0.25, -0.2) is 0 Å². The van der Waals surface area contributed by atoms with Crippen LogP contribution in [0.3, 0.4) is 0 Å². The molecule has 2 aliphatic rings. The molecule has 2 saturated heterocycles. The number of hydrogen-bond donors (Lipinski definition) is 1. The molecule has 0 saturated carbocycles. The Bertz CT molecular complexity index is 605. The summed E-state index contributed by atoms with van der Waals surface area (Å²) in [4.78, 5) is 12.1. The largest absolute Gasteiger partial charge is 0.356 e. The van der Waals surface area contributed by atoms with Crippen LogP contribution in [0.25, 0.3) is 0 Å². The summed E-state index contributed by atoms with van der Waals surface area (Å²) in [7, 11) is 1.91. The van der Waals surface area contributed by atoms with Crippen molar-refractivity contribution in [3.8, 4) is 0 Å². The number of hydrogen-bond acceptors (Lipinski definition) is 3. The van der Waals surface area contributed by atoms with Crippen LogP contribution in [0.5, 0.6) is 0 Å². The second-order valence-electron chi connectivity index (χ2n) is 9.12. The van der Waals surface area contributed by atoms with Crippen molar-refractivity contribution in [2.24, 2.45) is 10.4 Å². The van der Waals surface area contributed by atoms with E-state index in [0.29, 0.717) is 5.41 Å². The van der Waals surface area contributed by atoms with Gasteiger partial charge in [0.15, 0.2) is 5.96 Å². The minimum atomic E-state index is 0.417. The van der Waals surface area contributed by atoms with E-state index in [9.17, 15) is 0 Å². The molecular weight excluding hydrogens is 346 g/mol. The first-order valence-electron chi connectivity index (χ1n) is 11.0. The molecule has 1 aromatic carbocycles. The fourth-order valence-electron chi connectivity index (χ4n) is 4.30. The fraction of sp³-hybridized carbons (Fsp3) is 0.696. The number of likely N-dealkylation sites (tertiary alicyclic amines) is 1. The Balaban J connectivity index is 1.26. The van der Waals surface area contributed by atoms with Crippen LogP contribution in [0.4, 0.5) is 0 Å². The summed E-state index contributed by atoms with van der Waals surface area (Å²) < 4.78 is 0. The monoisotopic (exact) mass is 385 g/mol. The number of nitrogens with one attached hydrogen (secondary N) is 1. The fourth-order valence-corrected chi connectivity index (χ4v) is 4.30. The van der Waals surface area contributed by atoms with Gasteiger partial charge in [-0.1, -0.05) is 44.2 Å². The molecule has 1 N–H and O–H groups in total. The van der Waals surface area contributed by atoms with E-state index in [1.807, 2.05) is 7.05 Å². The Morgan fingerprint density at radius 1 is 1.00 bits per heavy atom. The first kappa shape index (κ1) is 21.1. The maximum absolute atomic E-state index is 4.48. The van der Waals surface area contributed by atoms with Gasteiger partial charge in [0.1, 0.15) is 0 Å². The van der Waals surface area contributed by atoms with E-state index in [4.69, 9.17) is 0 Å². The highest BCUT2D eigenvalue weighted by atomic mass is 15.3. The number of piperazine rings is 1. The Morgan fingerprint density at radius 2 is 1.71 bits per heavy atom. The van der Waals surface area contributed by atoms with E-state index >= 15 is 0 Å². The van der Waals surface area contributed by atoms with Gasteiger partial charge in [0.05, 0.1) is 0 Å². The lowest BCUT2D eigenvalue weighted by molar-refractivity contribution is 0.126. The highest BCUT2D eigenvalue weighted by Crippen LogP contribution is 2.28. The quantitative estimate of drug-likeness (QED) is 0.445. The van der Waals surface area contributed by atoms with Crippen LogP contribution in [0, 0.1) is 5.41 Å². The molecule has 1 aromatic rings. The second-order valence-corrected chi connectivity index (χ2v) is 9.12. The zero-order valence-corrected chi connectivity index (χ0v) is 18.2. The zero-order valence-electron chi connectivity index (χ0n) is 18.2. The van der Waals surface area contributed by atoms with Crippen molar-refractivity contribution < 1.29 is 0 Å². The van der Waals surface area contributed by atoms with Crippen molar-refractivity contribution >= 4 is 5.96 Å². The highest BCUT2D eigenvalue weighted by Gasteiger charge is 2.30. The minimum Gasteiger partial charge on any atom is -0.356 e. The lowest BCUT2D eigenvalue weighted by atomic mass is 9.93. The topological polar surface area (TPSA) is 34.1 Å². The molecule has 5 heteroatoms. The summed E-state index contributed by atoms with van der Waals surface area (Å²) in [5.74, 6) is 1.08. The van der Waals surface area contributed by atoms with Crippen molar-refractivity contribution in [3.05, 3.63) is 35.9 Å². The van der Waals surface area contributed by atoms with E-state index in [0.717, 1.165) is 32.1 Å². The maximum atomic E-state index is 4.48. The number of unbranched alkanes of at least 4 members (excludes halogenated alkanes) is 1. The van der Waals surface area contributed by atoms with Crippen LogP contribution < -0.4 is 5.32 Å². The Labute approximate surface area is 171 Å². The third-order valence-electron chi connectivity index (χ3n) is 6.09. The molecule has 0 radical (unpaired) electrons. The van der Waals surface area contributed by atoms with Gasteiger partial charge in [-0.2, -0.15) is 0 Å². The second kappa shape index (κ2) is 10.3. The van der Waals surface area contributed by atoms with Gasteiger partial charge < -0.3 is 15.1 Å². The van der Waals surface area contributed by atoms with Crippen LogP contribution in [0.2, 0.25) is 0 Å². The predicted octanol–water partition coefficient (Wildman–Crippen LogP) is 2.89. The molecule has 0 bridgehead atoms. The lowest BCUT2D eigenvalue weighted by Crippen LogP contribution is -2.46. The maximum Gasteiger partial charge on any atom is 0.193 e. The molecule has 0 unspecified atom stereocenters. The first-order chi connectivity index (χ1) is 13.6. The van der Waals surface area contributed by atoms with Gasteiger partial charge in [-0.3, -0.25) is 9.89 Å². The molecule has 0 aliphatic carbocycles. The molecule has 3 rings (SSSR count). The SMILES string of the molecule is CN=C(NCCCCN1CCN(Cc2ccccc2)CC1)N1CCC(C)(C)C1. The van der Waals surface area contributed by atoms with Gasteiger partial charge in [0.2, 0.25) is 0 Å². The van der Waals surface area contributed by atoms with Gasteiger partial charge >= 0.3 is 0 Å².